The molecule has 0 atom stereocenters. The maximum atomic E-state index is 13.2. The molecular formula is C21H22N2O5. The summed E-state index contributed by atoms with van der Waals surface area (Å²) in [5.74, 6) is 0.516. The largest absolute Gasteiger partial charge is 0.493 e. The van der Waals surface area contributed by atoms with Gasteiger partial charge in [0.25, 0.3) is 5.56 Å². The van der Waals surface area contributed by atoms with Gasteiger partial charge in [0.2, 0.25) is 11.5 Å². The molecule has 0 radical (unpaired) electrons. The zero-order valence-corrected chi connectivity index (χ0v) is 16.5. The van der Waals surface area contributed by atoms with E-state index in [1.165, 1.54) is 33.5 Å². The first-order valence-electron chi connectivity index (χ1n) is 8.78. The summed E-state index contributed by atoms with van der Waals surface area (Å²) in [6.07, 6.45) is 0. The molecule has 7 heteroatoms. The fraction of sp³-hybridized carbons (Fsp3) is 0.286. The van der Waals surface area contributed by atoms with Crippen molar-refractivity contribution >= 4 is 16.8 Å². The number of aromatic nitrogens is 2. The number of benzene rings is 2. The van der Waals surface area contributed by atoms with Gasteiger partial charge in [0.15, 0.2) is 17.2 Å². The van der Waals surface area contributed by atoms with Gasteiger partial charge in [-0.05, 0) is 38.1 Å². The van der Waals surface area contributed by atoms with Crippen LogP contribution in [0, 0.1) is 0 Å². The van der Waals surface area contributed by atoms with Crippen LogP contribution < -0.4 is 19.8 Å². The second-order valence-corrected chi connectivity index (χ2v) is 6.46. The number of hydrogen-bond donors (Lipinski definition) is 0. The average molecular weight is 382 g/mol. The number of rotatable bonds is 6. The van der Waals surface area contributed by atoms with Gasteiger partial charge in [0.05, 0.1) is 32.4 Å². The summed E-state index contributed by atoms with van der Waals surface area (Å²) in [5.41, 5.74) is 0.898. The number of nitrogens with zero attached hydrogens (tertiary/aromatic N) is 2. The predicted molar refractivity (Wildman–Crippen MR) is 106 cm³/mol. The maximum Gasteiger partial charge on any atom is 0.281 e. The third-order valence-electron chi connectivity index (χ3n) is 4.45. The van der Waals surface area contributed by atoms with Crippen LogP contribution in [0.1, 0.15) is 35.9 Å². The van der Waals surface area contributed by atoms with Crippen LogP contribution >= 0.6 is 0 Å². The minimum Gasteiger partial charge on any atom is -0.493 e. The molecule has 28 heavy (non-hydrogen) atoms. The normalized spacial score (nSPS) is 10.9. The molecule has 3 aromatic rings. The highest BCUT2D eigenvalue weighted by atomic mass is 16.5. The molecule has 146 valence electrons. The molecule has 0 spiro atoms. The van der Waals surface area contributed by atoms with Gasteiger partial charge in [-0.1, -0.05) is 12.1 Å². The summed E-state index contributed by atoms with van der Waals surface area (Å²) in [6.45, 7) is 3.78. The first kappa shape index (κ1) is 19.4. The van der Waals surface area contributed by atoms with Gasteiger partial charge in [-0.15, -0.1) is 0 Å². The van der Waals surface area contributed by atoms with Gasteiger partial charge in [-0.25, -0.2) is 4.98 Å². The van der Waals surface area contributed by atoms with Crippen LogP contribution in [-0.4, -0.2) is 36.7 Å². The standard InChI is InChI=1S/C21H22N2O5/c1-12(2)23-15-9-7-6-8-14(15)22-18(21(23)25)19(24)13-10-16(26-3)20(28-5)17(11-13)27-4/h6-12H,1-5H3. The maximum absolute atomic E-state index is 13.2. The van der Waals surface area contributed by atoms with E-state index in [1.54, 1.807) is 10.6 Å². The number of hydrogen-bond acceptors (Lipinski definition) is 6. The Labute approximate surface area is 162 Å². The number of carbonyl (C=O) groups excluding carboxylic acids is 1. The molecule has 0 N–H and O–H groups in total. The predicted octanol–water partition coefficient (Wildman–Crippen LogP) is 3.23. The molecule has 0 unspecified atom stereocenters. The van der Waals surface area contributed by atoms with E-state index in [9.17, 15) is 9.59 Å². The van der Waals surface area contributed by atoms with Crippen molar-refractivity contribution in [1.29, 1.82) is 0 Å². The monoisotopic (exact) mass is 382 g/mol. The van der Waals surface area contributed by atoms with Crippen LogP contribution in [0.2, 0.25) is 0 Å². The summed E-state index contributed by atoms with van der Waals surface area (Å²) >= 11 is 0. The van der Waals surface area contributed by atoms with E-state index in [2.05, 4.69) is 4.98 Å². The highest BCUT2D eigenvalue weighted by Gasteiger charge is 2.23. The van der Waals surface area contributed by atoms with E-state index in [1.807, 2.05) is 32.0 Å². The Balaban J connectivity index is 2.25. The Morgan fingerprint density at radius 2 is 1.61 bits per heavy atom. The van der Waals surface area contributed by atoms with E-state index in [0.29, 0.717) is 28.3 Å². The van der Waals surface area contributed by atoms with Gasteiger partial charge >= 0.3 is 0 Å². The molecule has 0 saturated heterocycles. The lowest BCUT2D eigenvalue weighted by Crippen LogP contribution is -2.30. The molecule has 0 amide bonds. The van der Waals surface area contributed by atoms with Gasteiger partial charge in [-0.2, -0.15) is 0 Å². The number of para-hydroxylation sites is 2. The van der Waals surface area contributed by atoms with Crippen LogP contribution in [0.15, 0.2) is 41.2 Å². The molecule has 0 aliphatic heterocycles. The lowest BCUT2D eigenvalue weighted by Gasteiger charge is -2.16. The third-order valence-corrected chi connectivity index (χ3v) is 4.45. The fourth-order valence-electron chi connectivity index (χ4n) is 3.16. The molecule has 1 heterocycles. The topological polar surface area (TPSA) is 79.7 Å². The number of methoxy groups -OCH3 is 3. The molecule has 0 fully saturated rings. The van der Waals surface area contributed by atoms with Gasteiger partial charge in [0, 0.05) is 11.6 Å². The number of carbonyl (C=O) groups is 1. The van der Waals surface area contributed by atoms with Crippen LogP contribution in [0.4, 0.5) is 0 Å². The summed E-state index contributed by atoms with van der Waals surface area (Å²) in [7, 11) is 4.41. The van der Waals surface area contributed by atoms with Crippen molar-refractivity contribution in [1.82, 2.24) is 9.55 Å². The zero-order valence-electron chi connectivity index (χ0n) is 16.5. The summed E-state index contributed by atoms with van der Waals surface area (Å²) in [4.78, 5) is 30.6. The fourth-order valence-corrected chi connectivity index (χ4v) is 3.16. The van der Waals surface area contributed by atoms with E-state index in [0.717, 1.165) is 0 Å². The molecule has 0 aliphatic carbocycles. The molecule has 0 aliphatic rings. The van der Waals surface area contributed by atoms with Crippen molar-refractivity contribution in [3.8, 4) is 17.2 Å². The second kappa shape index (κ2) is 7.72. The zero-order chi connectivity index (χ0) is 20.4. The van der Waals surface area contributed by atoms with Crippen LogP contribution in [0.3, 0.4) is 0 Å². The van der Waals surface area contributed by atoms with Crippen molar-refractivity contribution in [2.24, 2.45) is 0 Å². The lowest BCUT2D eigenvalue weighted by molar-refractivity contribution is 0.103. The molecule has 0 bridgehead atoms. The number of ketones is 1. The molecule has 1 aromatic heterocycles. The molecule has 3 rings (SSSR count). The molecule has 2 aromatic carbocycles. The highest BCUT2D eigenvalue weighted by Crippen LogP contribution is 2.38. The Morgan fingerprint density at radius 1 is 1.00 bits per heavy atom. The van der Waals surface area contributed by atoms with Crippen molar-refractivity contribution in [3.63, 3.8) is 0 Å². The second-order valence-electron chi connectivity index (χ2n) is 6.46. The quantitative estimate of drug-likeness (QED) is 0.609. The Hall–Kier alpha value is -3.35. The van der Waals surface area contributed by atoms with Crippen molar-refractivity contribution in [2.45, 2.75) is 19.9 Å². The number of fused-ring (bicyclic) bond motifs is 1. The average Bonchev–Trinajstić information content (AvgIpc) is 2.71. The Bertz CT molecular complexity index is 1080. The Morgan fingerprint density at radius 3 is 2.14 bits per heavy atom. The van der Waals surface area contributed by atoms with Crippen LogP contribution in [0.25, 0.3) is 11.0 Å². The van der Waals surface area contributed by atoms with E-state index in [4.69, 9.17) is 14.2 Å². The summed E-state index contributed by atoms with van der Waals surface area (Å²) in [6, 6.07) is 10.1. The van der Waals surface area contributed by atoms with Crippen LogP contribution in [-0.2, 0) is 0 Å². The smallest absolute Gasteiger partial charge is 0.281 e. The number of ether oxygens (including phenoxy) is 3. The van der Waals surface area contributed by atoms with Gasteiger partial charge in [0.1, 0.15) is 0 Å². The van der Waals surface area contributed by atoms with Crippen molar-refractivity contribution in [3.05, 3.63) is 58.0 Å². The van der Waals surface area contributed by atoms with E-state index >= 15 is 0 Å². The van der Waals surface area contributed by atoms with Crippen LogP contribution in [0.5, 0.6) is 17.2 Å². The lowest BCUT2D eigenvalue weighted by atomic mass is 10.1. The highest BCUT2D eigenvalue weighted by molar-refractivity contribution is 6.09. The summed E-state index contributed by atoms with van der Waals surface area (Å²) < 4.78 is 17.5. The van der Waals surface area contributed by atoms with Crippen molar-refractivity contribution < 1.29 is 19.0 Å². The van der Waals surface area contributed by atoms with Crippen molar-refractivity contribution in [2.75, 3.05) is 21.3 Å². The van der Waals surface area contributed by atoms with E-state index in [-0.39, 0.29) is 17.3 Å². The molecular weight excluding hydrogens is 360 g/mol. The minimum atomic E-state index is -0.510. The molecule has 7 nitrogen and oxygen atoms in total. The molecule has 0 saturated carbocycles. The van der Waals surface area contributed by atoms with Gasteiger partial charge < -0.3 is 18.8 Å². The third kappa shape index (κ3) is 3.19. The van der Waals surface area contributed by atoms with Gasteiger partial charge in [-0.3, -0.25) is 9.59 Å². The first-order chi connectivity index (χ1) is 13.4. The minimum absolute atomic E-state index is 0.133. The Kier molecular flexibility index (Phi) is 5.35. The first-order valence-corrected chi connectivity index (χ1v) is 8.78. The summed E-state index contributed by atoms with van der Waals surface area (Å²) in [5, 5.41) is 0. The van der Waals surface area contributed by atoms with E-state index < -0.39 is 11.3 Å². The SMILES string of the molecule is COc1cc(C(=O)c2nc3ccccc3n(C(C)C)c2=O)cc(OC)c1OC.